The van der Waals surface area contributed by atoms with Crippen molar-refractivity contribution in [3.63, 3.8) is 0 Å². The Hall–Kier alpha value is -1.44. The van der Waals surface area contributed by atoms with Gasteiger partial charge in [0.25, 0.3) is 0 Å². The minimum absolute atomic E-state index is 0.723. The molecule has 1 heterocycles. The van der Waals surface area contributed by atoms with E-state index in [1.165, 1.54) is 10.9 Å². The average Bonchev–Trinajstić information content (AvgIpc) is 2.62. The van der Waals surface area contributed by atoms with Crippen LogP contribution < -0.4 is 4.74 Å². The Balaban J connectivity index is 2.38. The summed E-state index contributed by atoms with van der Waals surface area (Å²) >= 11 is 0. The van der Waals surface area contributed by atoms with Gasteiger partial charge >= 0.3 is 0 Å². The number of nitrogens with zero attached hydrogens (tertiary/aromatic N) is 1. The quantitative estimate of drug-likeness (QED) is 0.742. The van der Waals surface area contributed by atoms with Gasteiger partial charge in [-0.05, 0) is 37.6 Å². The summed E-state index contributed by atoms with van der Waals surface area (Å²) in [7, 11) is 0. The maximum atomic E-state index is 5.47. The van der Waals surface area contributed by atoms with Gasteiger partial charge in [-0.1, -0.05) is 6.92 Å². The largest absolute Gasteiger partial charge is 0.494 e. The highest BCUT2D eigenvalue weighted by Gasteiger charge is 2.01. The molecule has 1 aromatic carbocycles. The maximum absolute atomic E-state index is 5.47. The zero-order valence-electron chi connectivity index (χ0n) is 9.36. The number of benzene rings is 1. The molecule has 2 aromatic rings. The van der Waals surface area contributed by atoms with E-state index in [1.807, 2.05) is 13.0 Å². The molecule has 0 N–H and O–H groups in total. The van der Waals surface area contributed by atoms with E-state index in [4.69, 9.17) is 4.74 Å². The smallest absolute Gasteiger partial charge is 0.120 e. The Morgan fingerprint density at radius 1 is 1.20 bits per heavy atom. The predicted molar refractivity (Wildman–Crippen MR) is 63.4 cm³/mol. The van der Waals surface area contributed by atoms with Crippen molar-refractivity contribution >= 4 is 10.9 Å². The summed E-state index contributed by atoms with van der Waals surface area (Å²) in [6, 6.07) is 8.42. The minimum atomic E-state index is 0.723. The van der Waals surface area contributed by atoms with E-state index in [1.54, 1.807) is 0 Å². The zero-order chi connectivity index (χ0) is 10.7. The van der Waals surface area contributed by atoms with Crippen LogP contribution in [0.2, 0.25) is 0 Å². The molecule has 0 amide bonds. The van der Waals surface area contributed by atoms with E-state index in [0.29, 0.717) is 0 Å². The summed E-state index contributed by atoms with van der Waals surface area (Å²) in [5.41, 5.74) is 1.29. The van der Waals surface area contributed by atoms with Crippen molar-refractivity contribution in [1.29, 1.82) is 0 Å². The molecule has 0 saturated heterocycles. The molecule has 2 rings (SSSR count). The van der Waals surface area contributed by atoms with Crippen LogP contribution in [0, 0.1) is 0 Å². The molecule has 0 aliphatic heterocycles. The van der Waals surface area contributed by atoms with E-state index in [9.17, 15) is 0 Å². The second kappa shape index (κ2) is 4.39. The van der Waals surface area contributed by atoms with E-state index >= 15 is 0 Å². The monoisotopic (exact) mass is 203 g/mol. The highest BCUT2D eigenvalue weighted by atomic mass is 16.5. The molecule has 80 valence electrons. The number of hydrogen-bond acceptors (Lipinski definition) is 1. The molecule has 1 aromatic heterocycles. The summed E-state index contributed by atoms with van der Waals surface area (Å²) in [5.74, 6) is 0.958. The number of ether oxygens (including phenoxy) is 1. The van der Waals surface area contributed by atoms with Crippen LogP contribution >= 0.6 is 0 Å². The van der Waals surface area contributed by atoms with Gasteiger partial charge in [0.1, 0.15) is 5.75 Å². The van der Waals surface area contributed by atoms with Crippen LogP contribution in [0.4, 0.5) is 0 Å². The first-order valence-electron chi connectivity index (χ1n) is 5.57. The minimum Gasteiger partial charge on any atom is -0.494 e. The second-order valence-corrected chi connectivity index (χ2v) is 3.66. The van der Waals surface area contributed by atoms with E-state index in [0.717, 1.165) is 25.3 Å². The lowest BCUT2D eigenvalue weighted by Crippen LogP contribution is -1.94. The van der Waals surface area contributed by atoms with E-state index < -0.39 is 0 Å². The molecule has 0 atom stereocenters. The third kappa shape index (κ3) is 1.99. The molecule has 0 saturated carbocycles. The standard InChI is InChI=1S/C13H17NO/c1-3-8-14-9-7-11-10-12(15-4-2)5-6-13(11)14/h5-7,9-10H,3-4,8H2,1-2H3. The zero-order valence-corrected chi connectivity index (χ0v) is 9.36. The van der Waals surface area contributed by atoms with Gasteiger partial charge in [-0.3, -0.25) is 0 Å². The van der Waals surface area contributed by atoms with Gasteiger partial charge in [-0.15, -0.1) is 0 Å². The molecular formula is C13H17NO. The van der Waals surface area contributed by atoms with Crippen molar-refractivity contribution in [3.05, 3.63) is 30.5 Å². The summed E-state index contributed by atoms with van der Waals surface area (Å²) in [6.45, 7) is 6.01. The van der Waals surface area contributed by atoms with Gasteiger partial charge in [0, 0.05) is 23.6 Å². The van der Waals surface area contributed by atoms with E-state index in [-0.39, 0.29) is 0 Å². The highest BCUT2D eigenvalue weighted by molar-refractivity contribution is 5.81. The normalized spacial score (nSPS) is 10.8. The van der Waals surface area contributed by atoms with Crippen molar-refractivity contribution in [3.8, 4) is 5.75 Å². The van der Waals surface area contributed by atoms with Crippen molar-refractivity contribution in [2.75, 3.05) is 6.61 Å². The average molecular weight is 203 g/mol. The number of fused-ring (bicyclic) bond motifs is 1. The number of aryl methyl sites for hydroxylation is 1. The summed E-state index contributed by atoms with van der Waals surface area (Å²) < 4.78 is 7.76. The topological polar surface area (TPSA) is 14.2 Å². The van der Waals surface area contributed by atoms with Crippen molar-refractivity contribution in [2.45, 2.75) is 26.8 Å². The molecular weight excluding hydrogens is 186 g/mol. The molecule has 0 spiro atoms. The van der Waals surface area contributed by atoms with Crippen LogP contribution in [0.15, 0.2) is 30.5 Å². The molecule has 0 fully saturated rings. The summed E-state index contributed by atoms with van der Waals surface area (Å²) in [6.07, 6.45) is 3.31. The van der Waals surface area contributed by atoms with Crippen molar-refractivity contribution in [2.24, 2.45) is 0 Å². The SMILES string of the molecule is CCCn1ccc2cc(OCC)ccc21. The Morgan fingerprint density at radius 2 is 2.07 bits per heavy atom. The maximum Gasteiger partial charge on any atom is 0.120 e. The van der Waals surface area contributed by atoms with E-state index in [2.05, 4.69) is 35.9 Å². The molecule has 0 aliphatic rings. The van der Waals surface area contributed by atoms with Gasteiger partial charge in [-0.2, -0.15) is 0 Å². The van der Waals surface area contributed by atoms with Crippen LogP contribution in [0.25, 0.3) is 10.9 Å². The molecule has 0 radical (unpaired) electrons. The fourth-order valence-electron chi connectivity index (χ4n) is 1.87. The Morgan fingerprint density at radius 3 is 2.80 bits per heavy atom. The van der Waals surface area contributed by atoms with Gasteiger partial charge in [0.2, 0.25) is 0 Å². The van der Waals surface area contributed by atoms with Crippen LogP contribution in [0.3, 0.4) is 0 Å². The Labute approximate surface area is 90.5 Å². The van der Waals surface area contributed by atoms with Crippen LogP contribution in [0.1, 0.15) is 20.3 Å². The van der Waals surface area contributed by atoms with Crippen LogP contribution in [0.5, 0.6) is 5.75 Å². The summed E-state index contributed by atoms with van der Waals surface area (Å²) in [4.78, 5) is 0. The highest BCUT2D eigenvalue weighted by Crippen LogP contribution is 2.22. The second-order valence-electron chi connectivity index (χ2n) is 3.66. The summed E-state index contributed by atoms with van der Waals surface area (Å²) in [5, 5.41) is 1.26. The first kappa shape index (κ1) is 10.1. The Kier molecular flexibility index (Phi) is 2.95. The third-order valence-electron chi connectivity index (χ3n) is 2.52. The predicted octanol–water partition coefficient (Wildman–Crippen LogP) is 3.45. The van der Waals surface area contributed by atoms with Crippen LogP contribution in [-0.4, -0.2) is 11.2 Å². The lowest BCUT2D eigenvalue weighted by atomic mass is 10.2. The number of aromatic nitrogens is 1. The first-order chi connectivity index (χ1) is 7.35. The number of rotatable bonds is 4. The lowest BCUT2D eigenvalue weighted by Gasteiger charge is -2.05. The molecule has 2 nitrogen and oxygen atoms in total. The first-order valence-corrected chi connectivity index (χ1v) is 5.57. The molecule has 0 bridgehead atoms. The Bertz CT molecular complexity index is 445. The van der Waals surface area contributed by atoms with Crippen molar-refractivity contribution in [1.82, 2.24) is 4.57 Å². The third-order valence-corrected chi connectivity index (χ3v) is 2.52. The molecule has 15 heavy (non-hydrogen) atoms. The van der Waals surface area contributed by atoms with Gasteiger partial charge < -0.3 is 9.30 Å². The van der Waals surface area contributed by atoms with Crippen molar-refractivity contribution < 1.29 is 4.74 Å². The fraction of sp³-hybridized carbons (Fsp3) is 0.385. The fourth-order valence-corrected chi connectivity index (χ4v) is 1.87. The lowest BCUT2D eigenvalue weighted by molar-refractivity contribution is 0.340. The molecule has 0 aliphatic carbocycles. The van der Waals surface area contributed by atoms with Gasteiger partial charge in [-0.25, -0.2) is 0 Å². The van der Waals surface area contributed by atoms with Crippen LogP contribution in [-0.2, 0) is 6.54 Å². The van der Waals surface area contributed by atoms with Gasteiger partial charge in [0.05, 0.1) is 6.61 Å². The number of hydrogen-bond donors (Lipinski definition) is 0. The molecule has 0 unspecified atom stereocenters. The van der Waals surface area contributed by atoms with Gasteiger partial charge in [0.15, 0.2) is 0 Å². The molecule has 2 heteroatoms.